The topological polar surface area (TPSA) is 39.2 Å². The molecule has 1 aliphatic rings. The van der Waals surface area contributed by atoms with Crippen LogP contribution < -0.4 is 5.73 Å². The van der Waals surface area contributed by atoms with Crippen LogP contribution in [0.25, 0.3) is 11.0 Å². The Labute approximate surface area is 106 Å². The molecule has 1 aromatic carbocycles. The fraction of sp³-hybridized carbons (Fsp3) is 0.429. The summed E-state index contributed by atoms with van der Waals surface area (Å²) < 4.78 is 5.90. The molecule has 0 atom stereocenters. The molecule has 1 aliphatic carbocycles. The molecule has 1 heterocycles. The highest BCUT2D eigenvalue weighted by Crippen LogP contribution is 2.35. The van der Waals surface area contributed by atoms with E-state index in [1.165, 1.54) is 0 Å². The number of fused-ring (bicyclic) bond motifs is 1. The lowest BCUT2D eigenvalue weighted by Gasteiger charge is -2.24. The van der Waals surface area contributed by atoms with Crippen LogP contribution in [0.15, 0.2) is 28.7 Å². The second kappa shape index (κ2) is 4.35. The summed E-state index contributed by atoms with van der Waals surface area (Å²) >= 11 is 5.97. The number of benzene rings is 1. The van der Waals surface area contributed by atoms with Crippen molar-refractivity contribution in [3.63, 3.8) is 0 Å². The SMILES string of the molecule is NC1CCC(c2cc3cc(Cl)ccc3o2)CC1. The van der Waals surface area contributed by atoms with E-state index in [0.717, 1.165) is 47.4 Å². The minimum atomic E-state index is 0.380. The standard InChI is InChI=1S/C14H16ClNO/c15-11-3-6-13-10(7-11)8-14(17-13)9-1-4-12(16)5-2-9/h3,6-9,12H,1-2,4-5,16H2. The van der Waals surface area contributed by atoms with E-state index < -0.39 is 0 Å². The fourth-order valence-electron chi connectivity index (χ4n) is 2.64. The molecule has 0 aliphatic heterocycles. The zero-order valence-corrected chi connectivity index (χ0v) is 10.4. The average molecular weight is 250 g/mol. The smallest absolute Gasteiger partial charge is 0.134 e. The molecule has 0 unspecified atom stereocenters. The van der Waals surface area contributed by atoms with Gasteiger partial charge in [-0.15, -0.1) is 0 Å². The Morgan fingerprint density at radius 1 is 1.12 bits per heavy atom. The van der Waals surface area contributed by atoms with Crippen LogP contribution in [-0.2, 0) is 0 Å². The first-order chi connectivity index (χ1) is 8.22. The molecule has 0 radical (unpaired) electrons. The molecule has 90 valence electrons. The minimum absolute atomic E-state index is 0.380. The molecule has 2 N–H and O–H groups in total. The van der Waals surface area contributed by atoms with Crippen LogP contribution in [0, 0.1) is 0 Å². The van der Waals surface area contributed by atoms with Crippen LogP contribution in [0.5, 0.6) is 0 Å². The van der Waals surface area contributed by atoms with E-state index in [-0.39, 0.29) is 0 Å². The van der Waals surface area contributed by atoms with Gasteiger partial charge in [-0.2, -0.15) is 0 Å². The quantitative estimate of drug-likeness (QED) is 0.827. The van der Waals surface area contributed by atoms with Gasteiger partial charge in [0.15, 0.2) is 0 Å². The lowest BCUT2D eigenvalue weighted by atomic mass is 9.85. The summed E-state index contributed by atoms with van der Waals surface area (Å²) in [7, 11) is 0. The van der Waals surface area contributed by atoms with Gasteiger partial charge in [0, 0.05) is 22.4 Å². The van der Waals surface area contributed by atoms with Crippen molar-refractivity contribution in [1.82, 2.24) is 0 Å². The van der Waals surface area contributed by atoms with Gasteiger partial charge in [0.2, 0.25) is 0 Å². The first-order valence-corrected chi connectivity index (χ1v) is 6.55. The Hall–Kier alpha value is -0.990. The minimum Gasteiger partial charge on any atom is -0.461 e. The summed E-state index contributed by atoms with van der Waals surface area (Å²) in [4.78, 5) is 0. The van der Waals surface area contributed by atoms with Crippen LogP contribution in [-0.4, -0.2) is 6.04 Å². The first kappa shape index (κ1) is 11.1. The van der Waals surface area contributed by atoms with Gasteiger partial charge < -0.3 is 10.2 Å². The second-order valence-electron chi connectivity index (χ2n) is 4.94. The predicted molar refractivity (Wildman–Crippen MR) is 70.4 cm³/mol. The maximum absolute atomic E-state index is 5.97. The molecule has 0 bridgehead atoms. The van der Waals surface area contributed by atoms with Gasteiger partial charge >= 0.3 is 0 Å². The van der Waals surface area contributed by atoms with Crippen molar-refractivity contribution < 1.29 is 4.42 Å². The normalized spacial score (nSPS) is 25.3. The number of hydrogen-bond acceptors (Lipinski definition) is 2. The van der Waals surface area contributed by atoms with Gasteiger partial charge in [-0.1, -0.05) is 11.6 Å². The maximum atomic E-state index is 5.97. The summed E-state index contributed by atoms with van der Waals surface area (Å²) in [6.45, 7) is 0. The third kappa shape index (κ3) is 2.20. The average Bonchev–Trinajstić information content (AvgIpc) is 2.72. The fourth-order valence-corrected chi connectivity index (χ4v) is 2.82. The van der Waals surface area contributed by atoms with Crippen molar-refractivity contribution in [3.8, 4) is 0 Å². The molecule has 2 aromatic rings. The monoisotopic (exact) mass is 249 g/mol. The predicted octanol–water partition coefficient (Wildman–Crippen LogP) is 4.07. The molecule has 1 fully saturated rings. The number of nitrogens with two attached hydrogens (primary N) is 1. The van der Waals surface area contributed by atoms with Crippen LogP contribution in [0.1, 0.15) is 37.4 Å². The third-order valence-electron chi connectivity index (χ3n) is 3.67. The summed E-state index contributed by atoms with van der Waals surface area (Å²) in [5.41, 5.74) is 6.85. The summed E-state index contributed by atoms with van der Waals surface area (Å²) in [5, 5.41) is 1.86. The highest BCUT2D eigenvalue weighted by molar-refractivity contribution is 6.31. The molecule has 0 spiro atoms. The van der Waals surface area contributed by atoms with Gasteiger partial charge in [0.1, 0.15) is 11.3 Å². The molecule has 17 heavy (non-hydrogen) atoms. The molecule has 1 aromatic heterocycles. The van der Waals surface area contributed by atoms with Crippen molar-refractivity contribution in [2.24, 2.45) is 5.73 Å². The second-order valence-corrected chi connectivity index (χ2v) is 5.38. The molecular weight excluding hydrogens is 234 g/mol. The maximum Gasteiger partial charge on any atom is 0.134 e. The highest BCUT2D eigenvalue weighted by Gasteiger charge is 2.22. The zero-order valence-electron chi connectivity index (χ0n) is 9.66. The largest absolute Gasteiger partial charge is 0.461 e. The lowest BCUT2D eigenvalue weighted by Crippen LogP contribution is -2.25. The van der Waals surface area contributed by atoms with Crippen LogP contribution in [0.2, 0.25) is 5.02 Å². The van der Waals surface area contributed by atoms with Gasteiger partial charge in [-0.3, -0.25) is 0 Å². The van der Waals surface area contributed by atoms with Crippen LogP contribution >= 0.6 is 11.6 Å². The summed E-state index contributed by atoms with van der Waals surface area (Å²) in [5.74, 6) is 1.62. The Bertz CT molecular complexity index is 526. The van der Waals surface area contributed by atoms with Gasteiger partial charge in [-0.05, 0) is 49.9 Å². The number of furan rings is 1. The van der Waals surface area contributed by atoms with Gasteiger partial charge in [0.25, 0.3) is 0 Å². The molecule has 1 saturated carbocycles. The Morgan fingerprint density at radius 2 is 1.88 bits per heavy atom. The van der Waals surface area contributed by atoms with E-state index in [1.807, 2.05) is 18.2 Å². The van der Waals surface area contributed by atoms with Crippen LogP contribution in [0.3, 0.4) is 0 Å². The first-order valence-electron chi connectivity index (χ1n) is 6.17. The van der Waals surface area contributed by atoms with Crippen molar-refractivity contribution in [3.05, 3.63) is 35.0 Å². The molecule has 3 heteroatoms. The molecule has 2 nitrogen and oxygen atoms in total. The highest BCUT2D eigenvalue weighted by atomic mass is 35.5. The number of hydrogen-bond donors (Lipinski definition) is 1. The molecular formula is C14H16ClNO. The van der Waals surface area contributed by atoms with E-state index in [9.17, 15) is 0 Å². The molecule has 0 saturated heterocycles. The van der Waals surface area contributed by atoms with Crippen molar-refractivity contribution in [1.29, 1.82) is 0 Å². The van der Waals surface area contributed by atoms with E-state index in [0.29, 0.717) is 12.0 Å². The van der Waals surface area contributed by atoms with Crippen molar-refractivity contribution in [2.45, 2.75) is 37.6 Å². The van der Waals surface area contributed by atoms with Gasteiger partial charge in [-0.25, -0.2) is 0 Å². The molecule has 3 rings (SSSR count). The van der Waals surface area contributed by atoms with Gasteiger partial charge in [0.05, 0.1) is 0 Å². The van der Waals surface area contributed by atoms with E-state index in [2.05, 4.69) is 6.07 Å². The van der Waals surface area contributed by atoms with Crippen molar-refractivity contribution >= 4 is 22.6 Å². The number of rotatable bonds is 1. The van der Waals surface area contributed by atoms with E-state index >= 15 is 0 Å². The molecule has 0 amide bonds. The Kier molecular flexibility index (Phi) is 2.85. The van der Waals surface area contributed by atoms with E-state index in [4.69, 9.17) is 21.8 Å². The summed E-state index contributed by atoms with van der Waals surface area (Å²) in [6, 6.07) is 8.27. The lowest BCUT2D eigenvalue weighted by molar-refractivity contribution is 0.355. The number of halogens is 1. The van der Waals surface area contributed by atoms with Crippen molar-refractivity contribution in [2.75, 3.05) is 0 Å². The third-order valence-corrected chi connectivity index (χ3v) is 3.91. The summed E-state index contributed by atoms with van der Waals surface area (Å²) in [6.07, 6.45) is 4.47. The zero-order chi connectivity index (χ0) is 11.8. The Morgan fingerprint density at radius 3 is 2.65 bits per heavy atom. The van der Waals surface area contributed by atoms with E-state index in [1.54, 1.807) is 0 Å². The van der Waals surface area contributed by atoms with Crippen LogP contribution in [0.4, 0.5) is 0 Å². The Balaban J connectivity index is 1.90.